The van der Waals surface area contributed by atoms with Crippen molar-refractivity contribution in [2.75, 3.05) is 6.54 Å². The minimum atomic E-state index is 0.296. The van der Waals surface area contributed by atoms with Gasteiger partial charge in [0.25, 0.3) is 0 Å². The van der Waals surface area contributed by atoms with Gasteiger partial charge in [0, 0.05) is 6.04 Å². The molecular formula is C14H32N2. The Kier molecular flexibility index (Phi) is 5.99. The summed E-state index contributed by atoms with van der Waals surface area (Å²) in [4.78, 5) is 0. The second-order valence-electron chi connectivity index (χ2n) is 6.97. The zero-order valence-electron chi connectivity index (χ0n) is 12.1. The molecule has 0 saturated heterocycles. The molecule has 0 bridgehead atoms. The zero-order valence-corrected chi connectivity index (χ0v) is 12.1. The van der Waals surface area contributed by atoms with E-state index in [1.54, 1.807) is 0 Å². The maximum absolute atomic E-state index is 5.88. The summed E-state index contributed by atoms with van der Waals surface area (Å²) in [6, 6.07) is 0.296. The van der Waals surface area contributed by atoms with Crippen LogP contribution in [0.2, 0.25) is 0 Å². The van der Waals surface area contributed by atoms with Gasteiger partial charge in [0.2, 0.25) is 0 Å². The van der Waals surface area contributed by atoms with E-state index in [1.165, 1.54) is 12.8 Å². The molecule has 0 spiro atoms. The minimum absolute atomic E-state index is 0.296. The molecule has 16 heavy (non-hydrogen) atoms. The van der Waals surface area contributed by atoms with Crippen molar-refractivity contribution in [1.82, 2.24) is 0 Å². The summed E-state index contributed by atoms with van der Waals surface area (Å²) in [6.45, 7) is 14.4. The molecule has 0 fully saturated rings. The molecule has 0 amide bonds. The van der Waals surface area contributed by atoms with Crippen molar-refractivity contribution in [2.45, 2.75) is 66.8 Å². The Bertz CT molecular complexity index is 195. The van der Waals surface area contributed by atoms with Gasteiger partial charge in [0.1, 0.15) is 0 Å². The van der Waals surface area contributed by atoms with Crippen LogP contribution in [-0.2, 0) is 0 Å². The van der Waals surface area contributed by atoms with Gasteiger partial charge in [-0.05, 0) is 49.5 Å². The Hall–Kier alpha value is -0.0800. The molecular weight excluding hydrogens is 196 g/mol. The lowest BCUT2D eigenvalue weighted by Crippen LogP contribution is -2.31. The molecule has 2 unspecified atom stereocenters. The van der Waals surface area contributed by atoms with Gasteiger partial charge in [-0.15, -0.1) is 0 Å². The SMILES string of the molecule is CC(N)CC(C)(C)CCC(C)(C)C(C)CN. The van der Waals surface area contributed by atoms with Crippen molar-refractivity contribution in [2.24, 2.45) is 28.2 Å². The van der Waals surface area contributed by atoms with Crippen molar-refractivity contribution in [3.8, 4) is 0 Å². The molecule has 2 nitrogen and oxygen atoms in total. The maximum atomic E-state index is 5.88. The molecule has 0 aromatic rings. The van der Waals surface area contributed by atoms with Crippen LogP contribution in [0.15, 0.2) is 0 Å². The Morgan fingerprint density at radius 2 is 1.50 bits per heavy atom. The number of nitrogens with two attached hydrogens (primary N) is 2. The normalized spacial score (nSPS) is 17.2. The highest BCUT2D eigenvalue weighted by atomic mass is 14.6. The van der Waals surface area contributed by atoms with Crippen LogP contribution in [0.4, 0.5) is 0 Å². The van der Waals surface area contributed by atoms with Crippen LogP contribution in [0.3, 0.4) is 0 Å². The molecule has 4 N–H and O–H groups in total. The maximum Gasteiger partial charge on any atom is 0.00155 e. The van der Waals surface area contributed by atoms with Crippen LogP contribution < -0.4 is 11.5 Å². The summed E-state index contributed by atoms with van der Waals surface area (Å²) in [6.07, 6.45) is 3.55. The van der Waals surface area contributed by atoms with E-state index in [0.29, 0.717) is 22.8 Å². The quantitative estimate of drug-likeness (QED) is 0.703. The molecule has 0 heterocycles. The molecule has 0 aromatic carbocycles. The highest BCUT2D eigenvalue weighted by molar-refractivity contribution is 4.81. The lowest BCUT2D eigenvalue weighted by atomic mass is 9.71. The first-order valence-corrected chi connectivity index (χ1v) is 6.56. The third-order valence-electron chi connectivity index (χ3n) is 4.01. The first-order chi connectivity index (χ1) is 7.10. The largest absolute Gasteiger partial charge is 0.330 e. The van der Waals surface area contributed by atoms with Crippen LogP contribution in [0.1, 0.15) is 60.8 Å². The van der Waals surface area contributed by atoms with Crippen molar-refractivity contribution >= 4 is 0 Å². The molecule has 0 aliphatic rings. The second-order valence-corrected chi connectivity index (χ2v) is 6.97. The highest BCUT2D eigenvalue weighted by Crippen LogP contribution is 2.37. The van der Waals surface area contributed by atoms with E-state index in [0.717, 1.165) is 13.0 Å². The fourth-order valence-electron chi connectivity index (χ4n) is 2.20. The Morgan fingerprint density at radius 1 is 1.00 bits per heavy atom. The second kappa shape index (κ2) is 6.02. The predicted octanol–water partition coefficient (Wildman–Crippen LogP) is 3.15. The summed E-state index contributed by atoms with van der Waals surface area (Å²) in [7, 11) is 0. The van der Waals surface area contributed by atoms with Gasteiger partial charge < -0.3 is 11.5 Å². The Labute approximate surface area is 102 Å². The van der Waals surface area contributed by atoms with Crippen molar-refractivity contribution in [1.29, 1.82) is 0 Å². The molecule has 0 aliphatic heterocycles. The van der Waals surface area contributed by atoms with E-state index in [-0.39, 0.29) is 0 Å². The molecule has 0 aliphatic carbocycles. The zero-order chi connectivity index (χ0) is 13.0. The van der Waals surface area contributed by atoms with Crippen LogP contribution in [0.5, 0.6) is 0 Å². The monoisotopic (exact) mass is 228 g/mol. The van der Waals surface area contributed by atoms with Crippen molar-refractivity contribution in [3.63, 3.8) is 0 Å². The van der Waals surface area contributed by atoms with Gasteiger partial charge in [0.15, 0.2) is 0 Å². The average Bonchev–Trinajstić information content (AvgIpc) is 2.12. The van der Waals surface area contributed by atoms with Crippen LogP contribution in [0, 0.1) is 16.7 Å². The van der Waals surface area contributed by atoms with E-state index in [4.69, 9.17) is 11.5 Å². The van der Waals surface area contributed by atoms with Gasteiger partial charge >= 0.3 is 0 Å². The summed E-state index contributed by atoms with van der Waals surface area (Å²) in [5.41, 5.74) is 12.3. The van der Waals surface area contributed by atoms with Crippen LogP contribution >= 0.6 is 0 Å². The fourth-order valence-corrected chi connectivity index (χ4v) is 2.20. The summed E-state index contributed by atoms with van der Waals surface area (Å²) >= 11 is 0. The lowest BCUT2D eigenvalue weighted by Gasteiger charge is -2.35. The highest BCUT2D eigenvalue weighted by Gasteiger charge is 2.28. The van der Waals surface area contributed by atoms with E-state index < -0.39 is 0 Å². The first-order valence-electron chi connectivity index (χ1n) is 6.56. The average molecular weight is 228 g/mol. The van der Waals surface area contributed by atoms with Crippen molar-refractivity contribution < 1.29 is 0 Å². The van der Waals surface area contributed by atoms with Crippen molar-refractivity contribution in [3.05, 3.63) is 0 Å². The minimum Gasteiger partial charge on any atom is -0.330 e. The fraction of sp³-hybridized carbons (Fsp3) is 1.00. The van der Waals surface area contributed by atoms with Crippen LogP contribution in [-0.4, -0.2) is 12.6 Å². The standard InChI is InChI=1S/C14H32N2/c1-11(10-15)14(5,6)8-7-13(3,4)9-12(2)16/h11-12H,7-10,15-16H2,1-6H3. The topological polar surface area (TPSA) is 52.0 Å². The molecule has 98 valence electrons. The van der Waals surface area contributed by atoms with Gasteiger partial charge in [-0.3, -0.25) is 0 Å². The molecule has 2 atom stereocenters. The van der Waals surface area contributed by atoms with Gasteiger partial charge in [-0.2, -0.15) is 0 Å². The van der Waals surface area contributed by atoms with E-state index in [2.05, 4.69) is 41.5 Å². The number of hydrogen-bond donors (Lipinski definition) is 2. The Morgan fingerprint density at radius 3 is 1.88 bits per heavy atom. The third-order valence-corrected chi connectivity index (χ3v) is 4.01. The molecule has 0 saturated carbocycles. The predicted molar refractivity (Wildman–Crippen MR) is 73.3 cm³/mol. The molecule has 0 rings (SSSR count). The molecule has 0 aromatic heterocycles. The molecule has 0 radical (unpaired) electrons. The first kappa shape index (κ1) is 15.9. The lowest BCUT2D eigenvalue weighted by molar-refractivity contribution is 0.166. The molecule has 2 heteroatoms. The van der Waals surface area contributed by atoms with E-state index in [9.17, 15) is 0 Å². The van der Waals surface area contributed by atoms with Gasteiger partial charge in [-0.25, -0.2) is 0 Å². The summed E-state index contributed by atoms with van der Waals surface area (Å²) in [5.74, 6) is 0.582. The van der Waals surface area contributed by atoms with Gasteiger partial charge in [-0.1, -0.05) is 34.6 Å². The smallest absolute Gasteiger partial charge is 0.00155 e. The third kappa shape index (κ3) is 5.86. The van der Waals surface area contributed by atoms with E-state index in [1.807, 2.05) is 0 Å². The Balaban J connectivity index is 4.22. The van der Waals surface area contributed by atoms with Crippen LogP contribution in [0.25, 0.3) is 0 Å². The summed E-state index contributed by atoms with van der Waals surface area (Å²) < 4.78 is 0. The number of hydrogen-bond acceptors (Lipinski definition) is 2. The van der Waals surface area contributed by atoms with E-state index >= 15 is 0 Å². The number of rotatable bonds is 7. The summed E-state index contributed by atoms with van der Waals surface area (Å²) in [5, 5.41) is 0. The van der Waals surface area contributed by atoms with Gasteiger partial charge in [0.05, 0.1) is 0 Å².